The number of H-pyrrole nitrogens is 1. The Morgan fingerprint density at radius 2 is 2.05 bits per heavy atom. The van der Waals surface area contributed by atoms with Crippen LogP contribution in [0.25, 0.3) is 0 Å². The van der Waals surface area contributed by atoms with E-state index in [1.54, 1.807) is 0 Å². The van der Waals surface area contributed by atoms with E-state index in [-0.39, 0.29) is 25.4 Å². The minimum absolute atomic E-state index is 0.0386. The molecule has 21 heavy (non-hydrogen) atoms. The van der Waals surface area contributed by atoms with Crippen molar-refractivity contribution in [1.29, 1.82) is 0 Å². The van der Waals surface area contributed by atoms with E-state index in [2.05, 4.69) is 10.2 Å². The Bertz CT molecular complexity index is 681. The minimum atomic E-state index is -1.10. The molecular weight excluding hydrogens is 274 g/mol. The number of hydrogen-bond donors (Lipinski definition) is 2. The van der Waals surface area contributed by atoms with Gasteiger partial charge in [0.2, 0.25) is 0 Å². The highest BCUT2D eigenvalue weighted by atomic mass is 16.6. The van der Waals surface area contributed by atoms with Gasteiger partial charge in [-0.1, -0.05) is 30.3 Å². The van der Waals surface area contributed by atoms with Crippen molar-refractivity contribution in [2.45, 2.75) is 19.7 Å². The van der Waals surface area contributed by atoms with Crippen LogP contribution in [0.3, 0.4) is 0 Å². The van der Waals surface area contributed by atoms with Crippen molar-refractivity contribution < 1.29 is 19.4 Å². The Balaban J connectivity index is 1.62. The fraction of sp³-hybridized carbons (Fsp3) is 0.214. The van der Waals surface area contributed by atoms with Crippen LogP contribution in [0.15, 0.2) is 30.3 Å². The van der Waals surface area contributed by atoms with Crippen molar-refractivity contribution in [2.75, 3.05) is 0 Å². The first-order valence-corrected chi connectivity index (χ1v) is 6.40. The molecule has 0 bridgehead atoms. The Morgan fingerprint density at radius 1 is 1.29 bits per heavy atom. The molecule has 108 valence electrons. The molecule has 0 unspecified atom stereocenters. The maximum atomic E-state index is 12.0. The van der Waals surface area contributed by atoms with Crippen molar-refractivity contribution >= 4 is 12.1 Å². The summed E-state index contributed by atoms with van der Waals surface area (Å²) in [6.45, 7) is 0.665. The Labute approximate surface area is 120 Å². The molecule has 1 aliphatic heterocycles. The fourth-order valence-corrected chi connectivity index (χ4v) is 2.26. The minimum Gasteiger partial charge on any atom is -0.476 e. The smallest absolute Gasteiger partial charge is 0.410 e. The Kier molecular flexibility index (Phi) is 3.31. The average Bonchev–Trinajstić information content (AvgIpc) is 3.05. The van der Waals surface area contributed by atoms with Crippen molar-refractivity contribution in [2.24, 2.45) is 0 Å². The normalized spacial score (nSPS) is 13.0. The van der Waals surface area contributed by atoms with E-state index in [0.29, 0.717) is 11.3 Å². The first-order valence-electron chi connectivity index (χ1n) is 6.40. The summed E-state index contributed by atoms with van der Waals surface area (Å²) in [5.41, 5.74) is 2.04. The maximum Gasteiger partial charge on any atom is 0.410 e. The SMILES string of the molecule is O=C(O)c1n[nH]c2c1CN(C(=O)OCc1ccccc1)C2. The summed E-state index contributed by atoms with van der Waals surface area (Å²) in [5, 5.41) is 15.4. The zero-order chi connectivity index (χ0) is 14.8. The molecule has 0 atom stereocenters. The van der Waals surface area contributed by atoms with Crippen molar-refractivity contribution in [3.05, 3.63) is 52.8 Å². The molecule has 7 heteroatoms. The maximum absolute atomic E-state index is 12.0. The third-order valence-electron chi connectivity index (χ3n) is 3.32. The molecule has 1 aliphatic rings. The first-order chi connectivity index (χ1) is 10.1. The van der Waals surface area contributed by atoms with Gasteiger partial charge in [-0.2, -0.15) is 5.10 Å². The van der Waals surface area contributed by atoms with Crippen LogP contribution in [-0.2, 0) is 24.4 Å². The molecule has 0 fully saturated rings. The van der Waals surface area contributed by atoms with Gasteiger partial charge in [-0.05, 0) is 5.56 Å². The van der Waals surface area contributed by atoms with E-state index < -0.39 is 12.1 Å². The molecule has 3 rings (SSSR count). The molecule has 2 N–H and O–H groups in total. The summed E-state index contributed by atoms with van der Waals surface area (Å²) < 4.78 is 5.22. The molecule has 1 aromatic heterocycles. The predicted molar refractivity (Wildman–Crippen MR) is 71.4 cm³/mol. The van der Waals surface area contributed by atoms with E-state index in [0.717, 1.165) is 5.56 Å². The zero-order valence-electron chi connectivity index (χ0n) is 11.1. The molecule has 0 spiro atoms. The zero-order valence-corrected chi connectivity index (χ0v) is 11.1. The van der Waals surface area contributed by atoms with Gasteiger partial charge in [0, 0.05) is 5.56 Å². The number of nitrogens with one attached hydrogen (secondary N) is 1. The molecule has 2 aromatic rings. The van der Waals surface area contributed by atoms with Crippen LogP contribution in [0.1, 0.15) is 27.3 Å². The summed E-state index contributed by atoms with van der Waals surface area (Å²) in [4.78, 5) is 24.4. The monoisotopic (exact) mass is 287 g/mol. The summed E-state index contributed by atoms with van der Waals surface area (Å²) >= 11 is 0. The fourth-order valence-electron chi connectivity index (χ4n) is 2.26. The van der Waals surface area contributed by atoms with Gasteiger partial charge in [0.05, 0.1) is 18.8 Å². The third kappa shape index (κ3) is 2.58. The van der Waals surface area contributed by atoms with E-state index in [1.165, 1.54) is 4.90 Å². The molecule has 0 radical (unpaired) electrons. The van der Waals surface area contributed by atoms with Gasteiger partial charge in [0.15, 0.2) is 5.69 Å². The summed E-state index contributed by atoms with van der Waals surface area (Å²) in [6, 6.07) is 9.36. The number of amides is 1. The van der Waals surface area contributed by atoms with E-state index in [1.807, 2.05) is 30.3 Å². The van der Waals surface area contributed by atoms with Gasteiger partial charge in [-0.3, -0.25) is 10.00 Å². The molecule has 0 aliphatic carbocycles. The number of hydrogen-bond acceptors (Lipinski definition) is 4. The van der Waals surface area contributed by atoms with Crippen LogP contribution in [0.2, 0.25) is 0 Å². The number of carbonyl (C=O) groups is 2. The number of rotatable bonds is 3. The highest BCUT2D eigenvalue weighted by Gasteiger charge is 2.31. The number of ether oxygens (including phenoxy) is 1. The van der Waals surface area contributed by atoms with Gasteiger partial charge >= 0.3 is 12.1 Å². The van der Waals surface area contributed by atoms with E-state index in [4.69, 9.17) is 9.84 Å². The topological polar surface area (TPSA) is 95.5 Å². The van der Waals surface area contributed by atoms with Gasteiger partial charge in [-0.15, -0.1) is 0 Å². The molecule has 1 amide bonds. The second kappa shape index (κ2) is 5.28. The van der Waals surface area contributed by atoms with Crippen LogP contribution in [0.5, 0.6) is 0 Å². The van der Waals surface area contributed by atoms with Gasteiger partial charge in [0.25, 0.3) is 0 Å². The van der Waals surface area contributed by atoms with E-state index in [9.17, 15) is 9.59 Å². The third-order valence-corrected chi connectivity index (χ3v) is 3.32. The molecule has 0 saturated carbocycles. The number of carboxylic acid groups (broad SMARTS) is 1. The first kappa shape index (κ1) is 13.2. The molecule has 7 nitrogen and oxygen atoms in total. The van der Waals surface area contributed by atoms with Crippen molar-refractivity contribution in [1.82, 2.24) is 15.1 Å². The summed E-state index contributed by atoms with van der Waals surface area (Å²) in [5.74, 6) is -1.10. The van der Waals surface area contributed by atoms with Crippen molar-refractivity contribution in [3.63, 3.8) is 0 Å². The number of aromatic carboxylic acids is 1. The molecule has 2 heterocycles. The largest absolute Gasteiger partial charge is 0.476 e. The second-order valence-electron chi connectivity index (χ2n) is 4.73. The lowest BCUT2D eigenvalue weighted by Gasteiger charge is -2.15. The van der Waals surface area contributed by atoms with Gasteiger partial charge in [0.1, 0.15) is 6.61 Å². The number of aromatic nitrogens is 2. The summed E-state index contributed by atoms with van der Waals surface area (Å²) in [6.07, 6.45) is -0.472. The average molecular weight is 287 g/mol. The quantitative estimate of drug-likeness (QED) is 0.896. The molecular formula is C14H13N3O4. The number of fused-ring (bicyclic) bond motifs is 1. The number of aromatic amines is 1. The number of benzene rings is 1. The number of carboxylic acids is 1. The lowest BCUT2D eigenvalue weighted by Crippen LogP contribution is -2.26. The summed E-state index contributed by atoms with van der Waals surface area (Å²) in [7, 11) is 0. The second-order valence-corrected chi connectivity index (χ2v) is 4.73. The van der Waals surface area contributed by atoms with Gasteiger partial charge < -0.3 is 9.84 Å². The van der Waals surface area contributed by atoms with Crippen LogP contribution < -0.4 is 0 Å². The van der Waals surface area contributed by atoms with E-state index >= 15 is 0 Å². The predicted octanol–water partition coefficient (Wildman–Crippen LogP) is 1.76. The lowest BCUT2D eigenvalue weighted by molar-refractivity contribution is 0.0685. The highest BCUT2D eigenvalue weighted by molar-refractivity contribution is 5.87. The van der Waals surface area contributed by atoms with Crippen LogP contribution in [0.4, 0.5) is 4.79 Å². The van der Waals surface area contributed by atoms with Crippen LogP contribution in [-0.4, -0.2) is 32.3 Å². The van der Waals surface area contributed by atoms with Gasteiger partial charge in [-0.25, -0.2) is 9.59 Å². The Morgan fingerprint density at radius 3 is 2.76 bits per heavy atom. The van der Waals surface area contributed by atoms with Crippen molar-refractivity contribution in [3.8, 4) is 0 Å². The number of nitrogens with zero attached hydrogens (tertiary/aromatic N) is 2. The van der Waals surface area contributed by atoms with Crippen LogP contribution >= 0.6 is 0 Å². The number of carbonyl (C=O) groups excluding carboxylic acids is 1. The molecule has 1 aromatic carbocycles. The lowest BCUT2D eigenvalue weighted by atomic mass is 10.2. The highest BCUT2D eigenvalue weighted by Crippen LogP contribution is 2.24. The Hall–Kier alpha value is -2.83. The van der Waals surface area contributed by atoms with Crippen LogP contribution in [0, 0.1) is 0 Å². The molecule has 0 saturated heterocycles. The standard InChI is InChI=1S/C14H13N3O4/c18-13(19)12-10-6-17(7-11(10)15-16-12)14(20)21-8-9-4-2-1-3-5-9/h1-5H,6-8H2,(H,15,16)(H,18,19).